The Hall–Kier alpha value is -1.61. The molecule has 1 N–H and O–H groups in total. The SMILES string of the molecule is C=C(C)C(=O)OCC(O)Cc1ccc(C)cc1. The van der Waals surface area contributed by atoms with E-state index in [1.165, 1.54) is 5.56 Å². The smallest absolute Gasteiger partial charge is 0.333 e. The normalized spacial score (nSPS) is 11.9. The number of benzene rings is 1. The number of rotatable bonds is 5. The molecule has 17 heavy (non-hydrogen) atoms. The second kappa shape index (κ2) is 6.21. The number of hydrogen-bond donors (Lipinski definition) is 1. The standard InChI is InChI=1S/C14H18O3/c1-10(2)14(16)17-9-13(15)8-12-6-4-11(3)5-7-12/h4-7,13,15H,1,8-9H2,2-3H3. The molecule has 0 heterocycles. The molecule has 0 aliphatic carbocycles. The van der Waals surface area contributed by atoms with Gasteiger partial charge in [-0.05, 0) is 19.4 Å². The van der Waals surface area contributed by atoms with Gasteiger partial charge in [-0.2, -0.15) is 0 Å². The third-order valence-electron chi connectivity index (χ3n) is 2.35. The van der Waals surface area contributed by atoms with Crippen LogP contribution in [0.15, 0.2) is 36.4 Å². The van der Waals surface area contributed by atoms with Crippen LogP contribution < -0.4 is 0 Å². The van der Waals surface area contributed by atoms with E-state index >= 15 is 0 Å². The van der Waals surface area contributed by atoms with Gasteiger partial charge >= 0.3 is 5.97 Å². The Morgan fingerprint density at radius 3 is 2.53 bits per heavy atom. The van der Waals surface area contributed by atoms with Crippen LogP contribution in [0.5, 0.6) is 0 Å². The molecule has 0 aromatic heterocycles. The number of esters is 1. The Balaban J connectivity index is 2.39. The van der Waals surface area contributed by atoms with E-state index in [0.717, 1.165) is 5.56 Å². The van der Waals surface area contributed by atoms with Gasteiger partial charge in [-0.3, -0.25) is 0 Å². The molecule has 0 aliphatic rings. The van der Waals surface area contributed by atoms with E-state index in [0.29, 0.717) is 12.0 Å². The summed E-state index contributed by atoms with van der Waals surface area (Å²) in [5.74, 6) is -0.465. The highest BCUT2D eigenvalue weighted by Crippen LogP contribution is 2.06. The van der Waals surface area contributed by atoms with Crippen molar-refractivity contribution in [1.29, 1.82) is 0 Å². The summed E-state index contributed by atoms with van der Waals surface area (Å²) >= 11 is 0. The van der Waals surface area contributed by atoms with Crippen molar-refractivity contribution >= 4 is 5.97 Å². The zero-order valence-corrected chi connectivity index (χ0v) is 10.3. The highest BCUT2D eigenvalue weighted by molar-refractivity contribution is 5.86. The summed E-state index contributed by atoms with van der Waals surface area (Å²) in [4.78, 5) is 11.1. The van der Waals surface area contributed by atoms with E-state index in [1.807, 2.05) is 31.2 Å². The number of aryl methyl sites for hydroxylation is 1. The Bertz CT molecular complexity index is 392. The first-order valence-electron chi connectivity index (χ1n) is 5.55. The van der Waals surface area contributed by atoms with Gasteiger partial charge in [-0.1, -0.05) is 36.4 Å². The molecule has 0 spiro atoms. The number of hydrogen-bond acceptors (Lipinski definition) is 3. The molecule has 0 radical (unpaired) electrons. The average molecular weight is 234 g/mol. The fraction of sp³-hybridized carbons (Fsp3) is 0.357. The number of carbonyl (C=O) groups is 1. The van der Waals surface area contributed by atoms with Crippen molar-refractivity contribution in [1.82, 2.24) is 0 Å². The minimum atomic E-state index is -0.680. The van der Waals surface area contributed by atoms with E-state index in [1.54, 1.807) is 6.92 Å². The summed E-state index contributed by atoms with van der Waals surface area (Å²) in [5.41, 5.74) is 2.54. The van der Waals surface area contributed by atoms with Crippen molar-refractivity contribution in [3.05, 3.63) is 47.5 Å². The van der Waals surface area contributed by atoms with Crippen molar-refractivity contribution in [2.45, 2.75) is 26.4 Å². The molecule has 0 aliphatic heterocycles. The highest BCUT2D eigenvalue weighted by atomic mass is 16.5. The largest absolute Gasteiger partial charge is 0.460 e. The number of aliphatic hydroxyl groups is 1. The summed E-state index contributed by atoms with van der Waals surface area (Å²) < 4.78 is 4.87. The second-order valence-corrected chi connectivity index (χ2v) is 4.22. The van der Waals surface area contributed by atoms with Gasteiger partial charge in [0.05, 0.1) is 6.10 Å². The predicted octanol–water partition coefficient (Wildman–Crippen LogP) is 2.02. The van der Waals surface area contributed by atoms with Crippen molar-refractivity contribution in [2.24, 2.45) is 0 Å². The maximum atomic E-state index is 11.1. The summed E-state index contributed by atoms with van der Waals surface area (Å²) in [6.45, 7) is 7.06. The Kier molecular flexibility index (Phi) is 4.91. The minimum Gasteiger partial charge on any atom is -0.460 e. The summed E-state index contributed by atoms with van der Waals surface area (Å²) in [6, 6.07) is 7.89. The third kappa shape index (κ3) is 4.83. The Labute approximate surface area is 102 Å². The molecule has 0 saturated heterocycles. The average Bonchev–Trinajstić information content (AvgIpc) is 2.29. The van der Waals surface area contributed by atoms with Crippen LogP contribution in [0.4, 0.5) is 0 Å². The van der Waals surface area contributed by atoms with Gasteiger partial charge in [0, 0.05) is 12.0 Å². The van der Waals surface area contributed by atoms with E-state index in [2.05, 4.69) is 6.58 Å². The fourth-order valence-electron chi connectivity index (χ4n) is 1.35. The molecule has 1 aromatic carbocycles. The van der Waals surface area contributed by atoms with Crippen LogP contribution in [0, 0.1) is 6.92 Å². The van der Waals surface area contributed by atoms with E-state index in [4.69, 9.17) is 4.74 Å². The molecule has 1 unspecified atom stereocenters. The van der Waals surface area contributed by atoms with Crippen LogP contribution in [0.3, 0.4) is 0 Å². The lowest BCUT2D eigenvalue weighted by atomic mass is 10.1. The first kappa shape index (κ1) is 13.5. The monoisotopic (exact) mass is 234 g/mol. The quantitative estimate of drug-likeness (QED) is 0.626. The van der Waals surface area contributed by atoms with Crippen molar-refractivity contribution in [3.8, 4) is 0 Å². The molecule has 0 fully saturated rings. The van der Waals surface area contributed by atoms with Gasteiger partial charge in [0.15, 0.2) is 0 Å². The molecule has 92 valence electrons. The molecule has 1 rings (SSSR count). The van der Waals surface area contributed by atoms with Gasteiger partial charge in [-0.25, -0.2) is 4.79 Å². The predicted molar refractivity (Wildman–Crippen MR) is 66.7 cm³/mol. The van der Waals surface area contributed by atoms with Crippen LogP contribution in [-0.2, 0) is 16.0 Å². The van der Waals surface area contributed by atoms with Gasteiger partial charge in [0.2, 0.25) is 0 Å². The van der Waals surface area contributed by atoms with Gasteiger partial charge in [0.1, 0.15) is 6.61 Å². The summed E-state index contributed by atoms with van der Waals surface area (Å²) in [7, 11) is 0. The van der Waals surface area contributed by atoms with Gasteiger partial charge in [-0.15, -0.1) is 0 Å². The Morgan fingerprint density at radius 2 is 2.00 bits per heavy atom. The van der Waals surface area contributed by atoms with E-state index in [9.17, 15) is 9.90 Å². The zero-order valence-electron chi connectivity index (χ0n) is 10.3. The van der Waals surface area contributed by atoms with Crippen LogP contribution in [-0.4, -0.2) is 23.8 Å². The third-order valence-corrected chi connectivity index (χ3v) is 2.35. The number of carbonyl (C=O) groups excluding carboxylic acids is 1. The summed E-state index contributed by atoms with van der Waals surface area (Å²) in [6.07, 6.45) is -0.204. The van der Waals surface area contributed by atoms with Gasteiger partial charge < -0.3 is 9.84 Å². The minimum absolute atomic E-state index is 0.000427. The van der Waals surface area contributed by atoms with Crippen molar-refractivity contribution in [3.63, 3.8) is 0 Å². The number of ether oxygens (including phenoxy) is 1. The molecule has 3 nitrogen and oxygen atoms in total. The first-order chi connectivity index (χ1) is 7.99. The first-order valence-corrected chi connectivity index (χ1v) is 5.55. The fourth-order valence-corrected chi connectivity index (χ4v) is 1.35. The molecule has 3 heteroatoms. The molecule has 1 aromatic rings. The highest BCUT2D eigenvalue weighted by Gasteiger charge is 2.09. The van der Waals surface area contributed by atoms with Crippen molar-refractivity contribution < 1.29 is 14.6 Å². The zero-order chi connectivity index (χ0) is 12.8. The molecule has 0 amide bonds. The van der Waals surface area contributed by atoms with Gasteiger partial charge in [0.25, 0.3) is 0 Å². The molecular formula is C14H18O3. The molecule has 0 bridgehead atoms. The second-order valence-electron chi connectivity index (χ2n) is 4.22. The lowest BCUT2D eigenvalue weighted by Crippen LogP contribution is -2.21. The molecule has 0 saturated carbocycles. The maximum absolute atomic E-state index is 11.1. The molecule has 1 atom stereocenters. The van der Waals surface area contributed by atoms with Crippen LogP contribution >= 0.6 is 0 Å². The lowest BCUT2D eigenvalue weighted by Gasteiger charge is -2.11. The summed E-state index contributed by atoms with van der Waals surface area (Å²) in [5, 5.41) is 9.70. The van der Waals surface area contributed by atoms with E-state index < -0.39 is 12.1 Å². The van der Waals surface area contributed by atoms with Crippen LogP contribution in [0.1, 0.15) is 18.1 Å². The van der Waals surface area contributed by atoms with Crippen LogP contribution in [0.2, 0.25) is 0 Å². The molecular weight excluding hydrogens is 216 g/mol. The number of aliphatic hydroxyl groups excluding tert-OH is 1. The maximum Gasteiger partial charge on any atom is 0.333 e. The lowest BCUT2D eigenvalue weighted by molar-refractivity contribution is -0.141. The topological polar surface area (TPSA) is 46.5 Å². The van der Waals surface area contributed by atoms with Crippen LogP contribution in [0.25, 0.3) is 0 Å². The van der Waals surface area contributed by atoms with Crippen molar-refractivity contribution in [2.75, 3.05) is 6.61 Å². The van der Waals surface area contributed by atoms with E-state index in [-0.39, 0.29) is 6.61 Å². The Morgan fingerprint density at radius 1 is 1.41 bits per heavy atom.